The van der Waals surface area contributed by atoms with Gasteiger partial charge in [-0.3, -0.25) is 4.79 Å². The van der Waals surface area contributed by atoms with Gasteiger partial charge in [-0.15, -0.1) is 0 Å². The second-order valence-corrected chi connectivity index (χ2v) is 4.73. The lowest BCUT2D eigenvalue weighted by atomic mass is 10.1. The molecule has 3 heterocycles. The SMILES string of the molecule is Cc1ccnc(-n2cc(C=O)c(C3CCCO3)n2)c1. The molecule has 0 bridgehead atoms. The van der Waals surface area contributed by atoms with Crippen molar-refractivity contribution in [2.24, 2.45) is 0 Å². The molecule has 0 amide bonds. The molecule has 1 atom stereocenters. The number of nitrogens with zero attached hydrogens (tertiary/aromatic N) is 3. The van der Waals surface area contributed by atoms with E-state index in [4.69, 9.17) is 4.74 Å². The molecule has 5 heteroatoms. The zero-order valence-corrected chi connectivity index (χ0v) is 10.7. The first kappa shape index (κ1) is 12.0. The van der Waals surface area contributed by atoms with Crippen molar-refractivity contribution in [3.8, 4) is 5.82 Å². The molecule has 1 unspecified atom stereocenters. The van der Waals surface area contributed by atoms with Gasteiger partial charge in [-0.05, 0) is 37.5 Å². The fourth-order valence-corrected chi connectivity index (χ4v) is 2.30. The van der Waals surface area contributed by atoms with Crippen molar-refractivity contribution in [1.82, 2.24) is 14.8 Å². The van der Waals surface area contributed by atoms with E-state index in [1.807, 2.05) is 19.1 Å². The molecule has 2 aromatic rings. The molecule has 0 saturated carbocycles. The molecule has 0 spiro atoms. The molecule has 1 fully saturated rings. The summed E-state index contributed by atoms with van der Waals surface area (Å²) in [5.74, 6) is 0.715. The number of hydrogen-bond acceptors (Lipinski definition) is 4. The van der Waals surface area contributed by atoms with Crippen LogP contribution in [0.15, 0.2) is 24.5 Å². The summed E-state index contributed by atoms with van der Waals surface area (Å²) >= 11 is 0. The van der Waals surface area contributed by atoms with E-state index in [9.17, 15) is 4.79 Å². The highest BCUT2D eigenvalue weighted by atomic mass is 16.5. The van der Waals surface area contributed by atoms with Crippen molar-refractivity contribution < 1.29 is 9.53 Å². The number of pyridine rings is 1. The van der Waals surface area contributed by atoms with Crippen LogP contribution in [0.25, 0.3) is 5.82 Å². The highest BCUT2D eigenvalue weighted by Crippen LogP contribution is 2.29. The summed E-state index contributed by atoms with van der Waals surface area (Å²) in [6, 6.07) is 3.86. The number of aryl methyl sites for hydroxylation is 1. The zero-order chi connectivity index (χ0) is 13.2. The summed E-state index contributed by atoms with van der Waals surface area (Å²) in [5.41, 5.74) is 2.40. The molecule has 0 radical (unpaired) electrons. The van der Waals surface area contributed by atoms with Crippen LogP contribution >= 0.6 is 0 Å². The van der Waals surface area contributed by atoms with Gasteiger partial charge in [-0.25, -0.2) is 9.67 Å². The van der Waals surface area contributed by atoms with E-state index in [2.05, 4.69) is 10.1 Å². The Kier molecular flexibility index (Phi) is 3.13. The maximum absolute atomic E-state index is 11.2. The van der Waals surface area contributed by atoms with Crippen molar-refractivity contribution in [2.75, 3.05) is 6.61 Å². The predicted octanol–water partition coefficient (Wildman–Crippen LogP) is 2.24. The Morgan fingerprint density at radius 2 is 2.42 bits per heavy atom. The highest BCUT2D eigenvalue weighted by molar-refractivity contribution is 5.76. The van der Waals surface area contributed by atoms with Gasteiger partial charge in [0.2, 0.25) is 0 Å². The maximum Gasteiger partial charge on any atom is 0.153 e. The predicted molar refractivity (Wildman–Crippen MR) is 69.4 cm³/mol. The summed E-state index contributed by atoms with van der Waals surface area (Å²) in [7, 11) is 0. The Morgan fingerprint density at radius 1 is 1.53 bits per heavy atom. The van der Waals surface area contributed by atoms with E-state index in [0.29, 0.717) is 11.4 Å². The monoisotopic (exact) mass is 257 g/mol. The molecular formula is C14H15N3O2. The molecule has 5 nitrogen and oxygen atoms in total. The maximum atomic E-state index is 11.2. The third kappa shape index (κ3) is 2.29. The molecule has 1 saturated heterocycles. The third-order valence-corrected chi connectivity index (χ3v) is 3.27. The summed E-state index contributed by atoms with van der Waals surface area (Å²) in [6.45, 7) is 2.73. The van der Waals surface area contributed by atoms with Crippen LogP contribution in [0.2, 0.25) is 0 Å². The van der Waals surface area contributed by atoms with Gasteiger partial charge in [0.05, 0.1) is 5.56 Å². The first-order chi connectivity index (χ1) is 9.28. The lowest BCUT2D eigenvalue weighted by Crippen LogP contribution is -2.02. The molecule has 2 aromatic heterocycles. The van der Waals surface area contributed by atoms with Crippen LogP contribution < -0.4 is 0 Å². The first-order valence-electron chi connectivity index (χ1n) is 6.37. The smallest absolute Gasteiger partial charge is 0.153 e. The molecule has 3 rings (SSSR count). The number of aldehydes is 1. The van der Waals surface area contributed by atoms with E-state index >= 15 is 0 Å². The summed E-state index contributed by atoms with van der Waals surface area (Å²) in [5, 5.41) is 4.47. The van der Waals surface area contributed by atoms with E-state index < -0.39 is 0 Å². The van der Waals surface area contributed by atoms with Gasteiger partial charge in [-0.1, -0.05) is 0 Å². The van der Waals surface area contributed by atoms with Crippen LogP contribution in [0.1, 0.15) is 40.6 Å². The van der Waals surface area contributed by atoms with Gasteiger partial charge in [0.15, 0.2) is 12.1 Å². The second kappa shape index (κ2) is 4.93. The van der Waals surface area contributed by atoms with Crippen LogP contribution in [0, 0.1) is 6.92 Å². The third-order valence-electron chi connectivity index (χ3n) is 3.27. The molecule has 0 N–H and O–H groups in total. The fraction of sp³-hybridized carbons (Fsp3) is 0.357. The number of carbonyl (C=O) groups excluding carboxylic acids is 1. The van der Waals surface area contributed by atoms with Gasteiger partial charge < -0.3 is 4.74 Å². The summed E-state index contributed by atoms with van der Waals surface area (Å²) in [6.07, 6.45) is 6.14. The lowest BCUT2D eigenvalue weighted by Gasteiger charge is -2.06. The molecule has 0 aromatic carbocycles. The normalized spacial score (nSPS) is 18.7. The number of ether oxygens (including phenoxy) is 1. The highest BCUT2D eigenvalue weighted by Gasteiger charge is 2.24. The van der Waals surface area contributed by atoms with E-state index in [0.717, 1.165) is 37.0 Å². The van der Waals surface area contributed by atoms with Crippen molar-refractivity contribution in [3.63, 3.8) is 0 Å². The minimum Gasteiger partial charge on any atom is -0.372 e. The molecular weight excluding hydrogens is 242 g/mol. The standard InChI is InChI=1S/C14H15N3O2/c1-10-4-5-15-13(7-10)17-8-11(9-18)14(16-17)12-3-2-6-19-12/h4-5,7-9,12H,2-3,6H2,1H3. The van der Waals surface area contributed by atoms with Gasteiger partial charge in [0.25, 0.3) is 0 Å². The summed E-state index contributed by atoms with van der Waals surface area (Å²) < 4.78 is 7.25. The summed E-state index contributed by atoms with van der Waals surface area (Å²) in [4.78, 5) is 15.4. The van der Waals surface area contributed by atoms with Crippen LogP contribution in [0.5, 0.6) is 0 Å². The number of rotatable bonds is 3. The minimum atomic E-state index is -0.0636. The fourth-order valence-electron chi connectivity index (χ4n) is 2.30. The number of aromatic nitrogens is 3. The van der Waals surface area contributed by atoms with Gasteiger partial charge in [0, 0.05) is 19.0 Å². The van der Waals surface area contributed by atoms with Gasteiger partial charge in [-0.2, -0.15) is 5.10 Å². The molecule has 19 heavy (non-hydrogen) atoms. The van der Waals surface area contributed by atoms with Crippen LogP contribution in [0.4, 0.5) is 0 Å². The first-order valence-corrected chi connectivity index (χ1v) is 6.37. The van der Waals surface area contributed by atoms with Crippen molar-refractivity contribution in [1.29, 1.82) is 0 Å². The minimum absolute atomic E-state index is 0.0636. The van der Waals surface area contributed by atoms with Gasteiger partial charge in [0.1, 0.15) is 11.8 Å². The topological polar surface area (TPSA) is 57.0 Å². The zero-order valence-electron chi connectivity index (χ0n) is 10.7. The Morgan fingerprint density at radius 3 is 3.11 bits per heavy atom. The Balaban J connectivity index is 2.01. The molecule has 0 aliphatic carbocycles. The Labute approximate surface area is 111 Å². The van der Waals surface area contributed by atoms with E-state index in [-0.39, 0.29) is 6.10 Å². The average molecular weight is 257 g/mol. The van der Waals surface area contributed by atoms with Crippen LogP contribution in [-0.2, 0) is 4.74 Å². The van der Waals surface area contributed by atoms with Crippen LogP contribution in [-0.4, -0.2) is 27.7 Å². The molecule has 1 aliphatic rings. The number of hydrogen-bond donors (Lipinski definition) is 0. The quantitative estimate of drug-likeness (QED) is 0.791. The van der Waals surface area contributed by atoms with Gasteiger partial charge >= 0.3 is 0 Å². The van der Waals surface area contributed by atoms with E-state index in [1.165, 1.54) is 0 Å². The van der Waals surface area contributed by atoms with Crippen LogP contribution in [0.3, 0.4) is 0 Å². The lowest BCUT2D eigenvalue weighted by molar-refractivity contribution is 0.104. The Bertz CT molecular complexity index is 600. The van der Waals surface area contributed by atoms with Crippen molar-refractivity contribution >= 4 is 6.29 Å². The molecule has 1 aliphatic heterocycles. The van der Waals surface area contributed by atoms with E-state index in [1.54, 1.807) is 17.1 Å². The van der Waals surface area contributed by atoms with Crippen molar-refractivity contribution in [3.05, 3.63) is 41.3 Å². The Hall–Kier alpha value is -2.01. The second-order valence-electron chi connectivity index (χ2n) is 4.73. The number of carbonyl (C=O) groups is 1. The average Bonchev–Trinajstić information content (AvgIpc) is 3.07. The van der Waals surface area contributed by atoms with Crippen molar-refractivity contribution in [2.45, 2.75) is 25.9 Å². The largest absolute Gasteiger partial charge is 0.372 e. The molecule has 98 valence electrons.